The van der Waals surface area contributed by atoms with E-state index in [9.17, 15) is 9.59 Å². The molecule has 1 saturated heterocycles. The van der Waals surface area contributed by atoms with Gasteiger partial charge >= 0.3 is 0 Å². The number of hydrogen-bond acceptors (Lipinski definition) is 3. The Balaban J connectivity index is 1.47. The second-order valence-electron chi connectivity index (χ2n) is 7.27. The third-order valence-corrected chi connectivity index (χ3v) is 6.57. The first-order valence-corrected chi connectivity index (χ1v) is 10.3. The molecule has 5 rings (SSSR count). The van der Waals surface area contributed by atoms with Crippen LogP contribution in [0.15, 0.2) is 71.7 Å². The van der Waals surface area contributed by atoms with Crippen LogP contribution in [0.2, 0.25) is 0 Å². The fourth-order valence-corrected chi connectivity index (χ4v) is 4.95. The summed E-state index contributed by atoms with van der Waals surface area (Å²) >= 11 is 1.49. The Morgan fingerprint density at radius 2 is 1.79 bits per heavy atom. The molecule has 2 amide bonds. The molecular weight excluding hydrogens is 382 g/mol. The van der Waals surface area contributed by atoms with Crippen molar-refractivity contribution >= 4 is 49.8 Å². The minimum Gasteiger partial charge on any atom is -0.319 e. The first-order valence-electron chi connectivity index (χ1n) is 9.53. The Hall–Kier alpha value is -3.25. The maximum absolute atomic E-state index is 12.9. The number of hydrogen-bond donors (Lipinski definition) is 0. The van der Waals surface area contributed by atoms with E-state index in [-0.39, 0.29) is 18.2 Å². The van der Waals surface area contributed by atoms with Gasteiger partial charge in [-0.2, -0.15) is 4.99 Å². The summed E-state index contributed by atoms with van der Waals surface area (Å²) in [6.07, 6.45) is 0.195. The number of nitrogens with zero attached hydrogens (tertiary/aromatic N) is 3. The van der Waals surface area contributed by atoms with E-state index in [1.165, 1.54) is 11.3 Å². The number of thiazole rings is 1. The van der Waals surface area contributed by atoms with Gasteiger partial charge in [0.05, 0.1) is 21.8 Å². The van der Waals surface area contributed by atoms with Crippen LogP contribution in [-0.4, -0.2) is 22.9 Å². The molecule has 1 unspecified atom stereocenters. The molecule has 1 aromatic heterocycles. The van der Waals surface area contributed by atoms with Crippen LogP contribution in [-0.2, 0) is 16.6 Å². The number of aryl methyl sites for hydroxylation is 1. The molecule has 6 heteroatoms. The molecule has 0 aliphatic carbocycles. The fraction of sp³-hybridized carbons (Fsp3) is 0.174. The Morgan fingerprint density at radius 3 is 2.66 bits per heavy atom. The molecular formula is C23H19N3O2S. The summed E-state index contributed by atoms with van der Waals surface area (Å²) in [6, 6.07) is 21.9. The average Bonchev–Trinajstić information content (AvgIpc) is 3.28. The van der Waals surface area contributed by atoms with E-state index < -0.39 is 5.92 Å². The van der Waals surface area contributed by atoms with E-state index in [4.69, 9.17) is 0 Å². The fourth-order valence-electron chi connectivity index (χ4n) is 3.92. The number of anilines is 1. The van der Waals surface area contributed by atoms with E-state index in [0.29, 0.717) is 11.3 Å². The number of carbonyl (C=O) groups excluding carboxylic acids is 2. The summed E-state index contributed by atoms with van der Waals surface area (Å²) in [5.74, 6) is -0.689. The number of rotatable bonds is 2. The molecule has 144 valence electrons. The summed E-state index contributed by atoms with van der Waals surface area (Å²) in [6.45, 7) is 0.365. The zero-order chi connectivity index (χ0) is 20.0. The first-order chi connectivity index (χ1) is 14.1. The zero-order valence-electron chi connectivity index (χ0n) is 15.9. The first kappa shape index (κ1) is 17.8. The van der Waals surface area contributed by atoms with E-state index in [1.807, 2.05) is 78.3 Å². The highest BCUT2D eigenvalue weighted by molar-refractivity contribution is 7.16. The van der Waals surface area contributed by atoms with Gasteiger partial charge in [0.1, 0.15) is 0 Å². The number of amides is 2. The van der Waals surface area contributed by atoms with Crippen LogP contribution in [0.1, 0.15) is 6.42 Å². The number of carbonyl (C=O) groups is 2. The molecule has 0 radical (unpaired) electrons. The van der Waals surface area contributed by atoms with Gasteiger partial charge in [0.15, 0.2) is 4.80 Å². The highest BCUT2D eigenvalue weighted by Crippen LogP contribution is 2.32. The van der Waals surface area contributed by atoms with Gasteiger partial charge in [-0.15, -0.1) is 0 Å². The largest absolute Gasteiger partial charge is 0.319 e. The topological polar surface area (TPSA) is 54.7 Å². The maximum atomic E-state index is 12.9. The van der Waals surface area contributed by atoms with Crippen LogP contribution in [0.25, 0.3) is 21.0 Å². The van der Waals surface area contributed by atoms with Crippen molar-refractivity contribution < 1.29 is 9.59 Å². The molecule has 2 heterocycles. The van der Waals surface area contributed by atoms with Gasteiger partial charge in [0, 0.05) is 25.4 Å². The summed E-state index contributed by atoms with van der Waals surface area (Å²) in [7, 11) is 1.91. The highest BCUT2D eigenvalue weighted by Gasteiger charge is 2.35. The maximum Gasteiger partial charge on any atom is 0.253 e. The smallest absolute Gasteiger partial charge is 0.253 e. The van der Waals surface area contributed by atoms with Gasteiger partial charge in [-0.05, 0) is 23.6 Å². The second kappa shape index (κ2) is 6.97. The Labute approximate surface area is 171 Å². The van der Waals surface area contributed by atoms with Gasteiger partial charge in [0.25, 0.3) is 5.91 Å². The molecule has 1 atom stereocenters. The lowest BCUT2D eigenvalue weighted by Crippen LogP contribution is -2.26. The minimum atomic E-state index is -0.424. The summed E-state index contributed by atoms with van der Waals surface area (Å²) in [4.78, 5) is 32.4. The molecule has 0 bridgehead atoms. The lowest BCUT2D eigenvalue weighted by atomic mass is 10.1. The van der Waals surface area contributed by atoms with Crippen molar-refractivity contribution in [3.05, 3.63) is 71.5 Å². The van der Waals surface area contributed by atoms with Gasteiger partial charge in [-0.1, -0.05) is 59.9 Å². The third-order valence-electron chi connectivity index (χ3n) is 5.45. The predicted molar refractivity (Wildman–Crippen MR) is 116 cm³/mol. The van der Waals surface area contributed by atoms with Crippen molar-refractivity contribution in [1.29, 1.82) is 0 Å². The molecule has 5 nitrogen and oxygen atoms in total. The number of benzene rings is 3. The molecule has 1 aliphatic heterocycles. The van der Waals surface area contributed by atoms with Gasteiger partial charge in [-0.3, -0.25) is 9.59 Å². The summed E-state index contributed by atoms with van der Waals surface area (Å²) in [5, 5.41) is 2.10. The highest BCUT2D eigenvalue weighted by atomic mass is 32.1. The molecule has 0 N–H and O–H groups in total. The third kappa shape index (κ3) is 3.06. The lowest BCUT2D eigenvalue weighted by Gasteiger charge is -2.18. The Kier molecular flexibility index (Phi) is 4.28. The van der Waals surface area contributed by atoms with Crippen molar-refractivity contribution in [2.24, 2.45) is 18.0 Å². The standard InChI is InChI=1S/C23H19N3O2S/c1-25-19-10-4-5-12-20(19)29-23(25)24-22(28)16-13-21(27)26(14-16)18-11-6-8-15-7-2-3-9-17(15)18/h2-12,16H,13-14H2,1H3. The van der Waals surface area contributed by atoms with Crippen molar-refractivity contribution in [1.82, 2.24) is 4.57 Å². The van der Waals surface area contributed by atoms with E-state index in [0.717, 1.165) is 26.7 Å². The number of fused-ring (bicyclic) bond motifs is 2. The van der Waals surface area contributed by atoms with E-state index in [1.54, 1.807) is 4.90 Å². The normalized spacial score (nSPS) is 17.6. The molecule has 4 aromatic rings. The van der Waals surface area contributed by atoms with Crippen molar-refractivity contribution in [2.75, 3.05) is 11.4 Å². The monoisotopic (exact) mass is 401 g/mol. The van der Waals surface area contributed by atoms with Gasteiger partial charge in [-0.25, -0.2) is 0 Å². The average molecular weight is 401 g/mol. The molecule has 3 aromatic carbocycles. The summed E-state index contributed by atoms with van der Waals surface area (Å²) in [5.41, 5.74) is 1.90. The van der Waals surface area contributed by atoms with Crippen molar-refractivity contribution in [3.8, 4) is 0 Å². The number of para-hydroxylation sites is 1. The Bertz CT molecular complexity index is 1330. The van der Waals surface area contributed by atoms with Crippen LogP contribution < -0.4 is 9.70 Å². The van der Waals surface area contributed by atoms with Crippen molar-refractivity contribution in [2.45, 2.75) is 6.42 Å². The molecule has 0 saturated carbocycles. The SMILES string of the molecule is Cn1c(=NC(=O)C2CC(=O)N(c3cccc4ccccc34)C2)sc2ccccc21. The van der Waals surface area contributed by atoms with Gasteiger partial charge < -0.3 is 9.47 Å². The Morgan fingerprint density at radius 1 is 1.03 bits per heavy atom. The van der Waals surface area contributed by atoms with E-state index >= 15 is 0 Å². The minimum absolute atomic E-state index is 0.0318. The van der Waals surface area contributed by atoms with Gasteiger partial charge in [0.2, 0.25) is 5.91 Å². The van der Waals surface area contributed by atoms with Crippen LogP contribution in [0.3, 0.4) is 0 Å². The molecule has 0 spiro atoms. The quantitative estimate of drug-likeness (QED) is 0.512. The number of aromatic nitrogens is 1. The van der Waals surface area contributed by atoms with Crippen LogP contribution >= 0.6 is 11.3 Å². The van der Waals surface area contributed by atoms with Crippen molar-refractivity contribution in [3.63, 3.8) is 0 Å². The summed E-state index contributed by atoms with van der Waals surface area (Å²) < 4.78 is 3.01. The molecule has 1 aliphatic rings. The van der Waals surface area contributed by atoms with E-state index in [2.05, 4.69) is 4.99 Å². The van der Waals surface area contributed by atoms with Crippen LogP contribution in [0.5, 0.6) is 0 Å². The predicted octanol–water partition coefficient (Wildman–Crippen LogP) is 3.87. The zero-order valence-corrected chi connectivity index (χ0v) is 16.7. The molecule has 29 heavy (non-hydrogen) atoms. The van der Waals surface area contributed by atoms with Crippen LogP contribution in [0.4, 0.5) is 5.69 Å². The molecule has 1 fully saturated rings. The lowest BCUT2D eigenvalue weighted by molar-refractivity contribution is -0.123. The second-order valence-corrected chi connectivity index (χ2v) is 8.27. The van der Waals surface area contributed by atoms with Crippen LogP contribution in [0, 0.1) is 5.92 Å².